The van der Waals surface area contributed by atoms with Gasteiger partial charge in [0.25, 0.3) is 0 Å². The first-order chi connectivity index (χ1) is 8.31. The molecule has 0 amide bonds. The molecule has 1 aromatic heterocycles. The van der Waals surface area contributed by atoms with Gasteiger partial charge in [-0.05, 0) is 6.42 Å². The van der Waals surface area contributed by atoms with Crippen molar-refractivity contribution in [1.82, 2.24) is 15.0 Å². The van der Waals surface area contributed by atoms with E-state index in [2.05, 4.69) is 15.0 Å². The fraction of sp³-hybridized carbons (Fsp3) is 0.375. The third-order valence-electron chi connectivity index (χ3n) is 1.47. The molecule has 18 heavy (non-hydrogen) atoms. The zero-order chi connectivity index (χ0) is 14.1. The lowest BCUT2D eigenvalue weighted by Crippen LogP contribution is -2.05. The van der Waals surface area contributed by atoms with Gasteiger partial charge in [-0.2, -0.15) is 15.0 Å². The maximum Gasteiger partial charge on any atom is 0.303 e. The van der Waals surface area contributed by atoms with Crippen LogP contribution in [0.1, 0.15) is 19.3 Å². The quantitative estimate of drug-likeness (QED) is 0.444. The maximum absolute atomic E-state index is 9.79. The lowest BCUT2D eigenvalue weighted by atomic mass is 10.2. The lowest BCUT2D eigenvalue weighted by molar-refractivity contribution is -0.138. The highest BCUT2D eigenvalue weighted by Gasteiger charge is 1.99. The van der Waals surface area contributed by atoms with Crippen molar-refractivity contribution in [2.45, 2.75) is 19.3 Å². The summed E-state index contributed by atoms with van der Waals surface area (Å²) in [5, 5.41) is 16.1. The van der Waals surface area contributed by atoms with E-state index in [9.17, 15) is 9.59 Å². The summed E-state index contributed by atoms with van der Waals surface area (Å²) in [7, 11) is 0. The van der Waals surface area contributed by atoms with Crippen LogP contribution in [-0.2, 0) is 9.59 Å². The van der Waals surface area contributed by atoms with Crippen LogP contribution in [0.15, 0.2) is 0 Å². The van der Waals surface area contributed by atoms with Gasteiger partial charge in [-0.15, -0.1) is 0 Å². The van der Waals surface area contributed by atoms with Gasteiger partial charge in [0.05, 0.1) is 0 Å². The second-order valence-corrected chi connectivity index (χ2v) is 3.05. The van der Waals surface area contributed by atoms with Gasteiger partial charge in [-0.1, -0.05) is 0 Å². The first-order valence-electron chi connectivity index (χ1n) is 4.77. The molecule has 10 nitrogen and oxygen atoms in total. The standard InChI is InChI=1S/C5H8O4.C3H6N6/c6-4(7)2-1-3-5(8)9;4-1-7-2(5)9-3(6)8-1/h1-3H2,(H,6,7)(H,8,9);(H6,4,5,6,7,8,9). The molecule has 100 valence electrons. The van der Waals surface area contributed by atoms with Crippen LogP contribution in [0.4, 0.5) is 17.8 Å². The molecule has 0 saturated carbocycles. The van der Waals surface area contributed by atoms with Crippen LogP contribution < -0.4 is 17.2 Å². The fourth-order valence-corrected chi connectivity index (χ4v) is 0.818. The summed E-state index contributed by atoms with van der Waals surface area (Å²) in [6, 6.07) is 0. The van der Waals surface area contributed by atoms with Crippen LogP contribution in [0.3, 0.4) is 0 Å². The Kier molecular flexibility index (Phi) is 6.48. The van der Waals surface area contributed by atoms with Crippen molar-refractivity contribution in [1.29, 1.82) is 0 Å². The van der Waals surface area contributed by atoms with E-state index in [-0.39, 0.29) is 37.1 Å². The monoisotopic (exact) mass is 258 g/mol. The van der Waals surface area contributed by atoms with Crippen molar-refractivity contribution >= 4 is 29.8 Å². The average molecular weight is 258 g/mol. The van der Waals surface area contributed by atoms with E-state index in [0.717, 1.165) is 0 Å². The van der Waals surface area contributed by atoms with Crippen molar-refractivity contribution in [2.24, 2.45) is 0 Å². The maximum atomic E-state index is 9.79. The Labute approximate surface area is 102 Å². The molecule has 10 heteroatoms. The summed E-state index contributed by atoms with van der Waals surface area (Å²) in [6.07, 6.45) is 0.0866. The Morgan fingerprint density at radius 2 is 1.11 bits per heavy atom. The van der Waals surface area contributed by atoms with Gasteiger partial charge in [0, 0.05) is 12.8 Å². The molecule has 1 heterocycles. The van der Waals surface area contributed by atoms with Crippen molar-refractivity contribution in [3.8, 4) is 0 Å². The van der Waals surface area contributed by atoms with Crippen molar-refractivity contribution < 1.29 is 19.8 Å². The van der Waals surface area contributed by atoms with Crippen LogP contribution >= 0.6 is 0 Å². The number of aliphatic carboxylic acids is 2. The van der Waals surface area contributed by atoms with Gasteiger partial charge in [-0.25, -0.2) is 0 Å². The predicted molar refractivity (Wildman–Crippen MR) is 62.2 cm³/mol. The number of rotatable bonds is 4. The summed E-state index contributed by atoms with van der Waals surface area (Å²) < 4.78 is 0. The minimum absolute atomic E-state index is 0.0417. The van der Waals surface area contributed by atoms with Crippen LogP contribution in [0.2, 0.25) is 0 Å². The van der Waals surface area contributed by atoms with Gasteiger partial charge in [0.2, 0.25) is 17.8 Å². The second-order valence-electron chi connectivity index (χ2n) is 3.05. The van der Waals surface area contributed by atoms with Crippen molar-refractivity contribution in [3.05, 3.63) is 0 Å². The minimum Gasteiger partial charge on any atom is -0.481 e. The van der Waals surface area contributed by atoms with E-state index in [1.165, 1.54) is 0 Å². The number of carboxylic acids is 2. The molecule has 0 spiro atoms. The zero-order valence-corrected chi connectivity index (χ0v) is 9.41. The third kappa shape index (κ3) is 8.64. The van der Waals surface area contributed by atoms with Crippen LogP contribution in [0.25, 0.3) is 0 Å². The molecule has 0 fully saturated rings. The Morgan fingerprint density at radius 3 is 1.33 bits per heavy atom. The zero-order valence-electron chi connectivity index (χ0n) is 9.41. The number of nitrogen functional groups attached to an aromatic ring is 3. The highest BCUT2D eigenvalue weighted by atomic mass is 16.4. The third-order valence-corrected chi connectivity index (χ3v) is 1.47. The Bertz CT molecular complexity index is 360. The van der Waals surface area contributed by atoms with Gasteiger partial charge in [0.1, 0.15) is 0 Å². The summed E-state index contributed by atoms with van der Waals surface area (Å²) in [5.74, 6) is -1.77. The Morgan fingerprint density at radius 1 is 0.833 bits per heavy atom. The molecule has 0 atom stereocenters. The van der Waals surface area contributed by atoms with Crippen LogP contribution in [0, 0.1) is 0 Å². The first kappa shape index (κ1) is 15.3. The SMILES string of the molecule is Nc1nc(N)nc(N)n1.O=C(O)CCCC(=O)O. The molecule has 0 saturated heterocycles. The lowest BCUT2D eigenvalue weighted by Gasteiger charge is -1.93. The van der Waals surface area contributed by atoms with E-state index in [0.29, 0.717) is 0 Å². The second kappa shape index (κ2) is 7.60. The molecular weight excluding hydrogens is 244 g/mol. The van der Waals surface area contributed by atoms with Crippen LogP contribution in [0.5, 0.6) is 0 Å². The predicted octanol–water partition coefficient (Wildman–Crippen LogP) is -1.06. The fourth-order valence-electron chi connectivity index (χ4n) is 0.818. The smallest absolute Gasteiger partial charge is 0.303 e. The molecule has 0 aromatic carbocycles. The highest BCUT2D eigenvalue weighted by Crippen LogP contribution is 1.97. The summed E-state index contributed by atoms with van der Waals surface area (Å²) in [5.41, 5.74) is 15.4. The molecule has 0 aliphatic rings. The first-order valence-corrected chi connectivity index (χ1v) is 4.77. The van der Waals surface area contributed by atoms with E-state index in [4.69, 9.17) is 27.4 Å². The van der Waals surface area contributed by atoms with E-state index in [1.807, 2.05) is 0 Å². The number of aromatic nitrogens is 3. The number of anilines is 3. The average Bonchev–Trinajstić information content (AvgIpc) is 2.14. The largest absolute Gasteiger partial charge is 0.481 e. The van der Waals surface area contributed by atoms with Crippen molar-refractivity contribution in [2.75, 3.05) is 17.2 Å². The van der Waals surface area contributed by atoms with E-state index >= 15 is 0 Å². The van der Waals surface area contributed by atoms with Gasteiger partial charge >= 0.3 is 11.9 Å². The number of hydrogen-bond acceptors (Lipinski definition) is 8. The highest BCUT2D eigenvalue weighted by molar-refractivity contribution is 5.69. The topological polar surface area (TPSA) is 191 Å². The number of hydrogen-bond donors (Lipinski definition) is 5. The van der Waals surface area contributed by atoms with E-state index < -0.39 is 11.9 Å². The molecule has 0 aliphatic heterocycles. The Balaban J connectivity index is 0.000000321. The molecule has 1 rings (SSSR count). The molecule has 0 unspecified atom stereocenters. The number of carbonyl (C=O) groups is 2. The van der Waals surface area contributed by atoms with Gasteiger partial charge < -0.3 is 27.4 Å². The Hall–Kier alpha value is -2.65. The van der Waals surface area contributed by atoms with Gasteiger partial charge in [0.15, 0.2) is 0 Å². The summed E-state index contributed by atoms with van der Waals surface area (Å²) >= 11 is 0. The molecule has 1 aromatic rings. The van der Waals surface area contributed by atoms with Crippen molar-refractivity contribution in [3.63, 3.8) is 0 Å². The normalized spacial score (nSPS) is 9.11. The summed E-state index contributed by atoms with van der Waals surface area (Å²) in [6.45, 7) is 0. The van der Waals surface area contributed by atoms with Gasteiger partial charge in [-0.3, -0.25) is 9.59 Å². The minimum atomic E-state index is -0.948. The van der Waals surface area contributed by atoms with E-state index in [1.54, 1.807) is 0 Å². The molecular formula is C8H14N6O4. The number of carboxylic acid groups (broad SMARTS) is 2. The summed E-state index contributed by atoms with van der Waals surface area (Å²) in [4.78, 5) is 30.0. The molecule has 0 aliphatic carbocycles. The molecule has 0 bridgehead atoms. The molecule has 8 N–H and O–H groups in total. The number of nitrogens with zero attached hydrogens (tertiary/aromatic N) is 3. The number of nitrogens with two attached hydrogens (primary N) is 3. The van der Waals surface area contributed by atoms with Crippen LogP contribution in [-0.4, -0.2) is 37.1 Å². The molecule has 0 radical (unpaired) electrons.